The van der Waals surface area contributed by atoms with E-state index >= 15 is 0 Å². The van der Waals surface area contributed by atoms with E-state index < -0.39 is 0 Å². The van der Waals surface area contributed by atoms with E-state index in [0.29, 0.717) is 0 Å². The fraction of sp³-hybridized carbons (Fsp3) is 0.966. The molecule has 0 unspecified atom stereocenters. The zero-order valence-corrected chi connectivity index (χ0v) is 26.6. The van der Waals surface area contributed by atoms with Gasteiger partial charge in [-0.05, 0) is 103 Å². The molecule has 0 atom stereocenters. The van der Waals surface area contributed by atoms with Crippen LogP contribution in [0.5, 0.6) is 0 Å². The van der Waals surface area contributed by atoms with E-state index in [1.165, 1.54) is 61.4 Å². The van der Waals surface area contributed by atoms with E-state index in [1.807, 2.05) is 0 Å². The normalized spacial score (nSPS) is 23.3. The Hall–Kier alpha value is 1.18. The van der Waals surface area contributed by atoms with Gasteiger partial charge in [0.2, 0.25) is 0 Å². The van der Waals surface area contributed by atoms with E-state index in [2.05, 4.69) is 12.1 Å². The van der Waals surface area contributed by atoms with Gasteiger partial charge in [-0.1, -0.05) is 25.7 Å². The first-order valence-electron chi connectivity index (χ1n) is 15.1. The molecule has 0 heterocycles. The standard InChI is InChI=1S/C28H53NP2.CHO.B.Ru.H2.H/c1-5-13-25(14-6-1)30(26-15-7-2-8-16-26)23-21-29-22-24-31(27-17-9-3-10-18-27)28-19-11-4-12-20-28;1-2;;;;/h25-29H,1-24H2;1H;;;1H;/q;-1;;+2;;/p+2. The Morgan fingerprint density at radius 1 is 0.514 bits per heavy atom. The topological polar surface area (TPSA) is 29.1 Å². The van der Waals surface area contributed by atoms with Crippen LogP contribution in [0.3, 0.4) is 0 Å². The van der Waals surface area contributed by atoms with Gasteiger partial charge in [0.05, 0.1) is 35.0 Å². The Morgan fingerprint density at radius 3 is 0.971 bits per heavy atom. The second kappa shape index (κ2) is 21.1. The van der Waals surface area contributed by atoms with Crippen molar-refractivity contribution in [3.63, 3.8) is 0 Å². The molecule has 35 heavy (non-hydrogen) atoms. The van der Waals surface area contributed by atoms with Crippen LogP contribution >= 0.6 is 15.8 Å². The Balaban J connectivity index is 0.00000239. The molecular weight excluding hydrogens is 552 g/mol. The Morgan fingerprint density at radius 2 is 0.743 bits per heavy atom. The van der Waals surface area contributed by atoms with Crippen LogP contribution < -0.4 is 5.32 Å². The molecule has 0 amide bonds. The average Bonchev–Trinajstić information content (AvgIpc) is 2.91. The number of nitrogens with one attached hydrogen (secondary N) is 1. The summed E-state index contributed by atoms with van der Waals surface area (Å²) in [4.78, 5) is 7.75. The maximum absolute atomic E-state index is 7.75. The summed E-state index contributed by atoms with van der Waals surface area (Å²) in [6.45, 7) is 5.98. The van der Waals surface area contributed by atoms with Gasteiger partial charge in [-0.2, -0.15) is 0 Å². The number of hydrogen-bond acceptors (Lipinski definition) is 2. The molecule has 2 nitrogen and oxygen atoms in total. The average molecular weight is 612 g/mol. The maximum atomic E-state index is 7.75. The van der Waals surface area contributed by atoms with Crippen LogP contribution in [0.4, 0.5) is 0 Å². The first kappa shape index (κ1) is 34.2. The molecule has 0 spiro atoms. The van der Waals surface area contributed by atoms with Crippen molar-refractivity contribution in [2.75, 3.05) is 25.4 Å². The molecule has 0 saturated heterocycles. The monoisotopic (exact) mass is 612 g/mol. The van der Waals surface area contributed by atoms with E-state index in [1.54, 1.807) is 115 Å². The summed E-state index contributed by atoms with van der Waals surface area (Å²) in [5.41, 5.74) is 4.70. The van der Waals surface area contributed by atoms with E-state index in [4.69, 9.17) is 4.79 Å². The van der Waals surface area contributed by atoms with Crippen molar-refractivity contribution in [3.05, 3.63) is 0 Å². The summed E-state index contributed by atoms with van der Waals surface area (Å²) in [6, 6.07) is 0. The Kier molecular flexibility index (Phi) is 20.6. The van der Waals surface area contributed by atoms with Crippen molar-refractivity contribution in [1.29, 1.82) is 0 Å². The van der Waals surface area contributed by atoms with Gasteiger partial charge in [-0.3, -0.25) is 6.79 Å². The van der Waals surface area contributed by atoms with Crippen LogP contribution in [0.15, 0.2) is 0 Å². The predicted molar refractivity (Wildman–Crippen MR) is 163 cm³/mol. The van der Waals surface area contributed by atoms with Crippen molar-refractivity contribution in [3.8, 4) is 0 Å². The third-order valence-electron chi connectivity index (χ3n) is 9.70. The molecule has 4 rings (SSSR count). The Labute approximate surface area is 237 Å². The molecule has 4 saturated carbocycles. The fourth-order valence-corrected chi connectivity index (χ4v) is 16.5. The van der Waals surface area contributed by atoms with Crippen molar-refractivity contribution in [2.45, 2.75) is 151 Å². The molecule has 1 N–H and O–H groups in total. The predicted octanol–water partition coefficient (Wildman–Crippen LogP) is 7.66. The molecule has 0 aliphatic heterocycles. The van der Waals surface area contributed by atoms with Crippen LogP contribution in [0.25, 0.3) is 0 Å². The molecule has 4 fully saturated rings. The molecule has 4 aliphatic rings. The first-order valence-corrected chi connectivity index (χ1v) is 18.8. The molecule has 0 aromatic rings. The molecule has 4 aliphatic carbocycles. The molecule has 204 valence electrons. The molecule has 0 aromatic heterocycles. The zero-order valence-electron chi connectivity index (χ0n) is 22.7. The van der Waals surface area contributed by atoms with E-state index in [-0.39, 0.29) is 45.2 Å². The minimum absolute atomic E-state index is 0. The van der Waals surface area contributed by atoms with Crippen molar-refractivity contribution in [1.82, 2.24) is 5.32 Å². The first-order chi connectivity index (χ1) is 16.4. The third kappa shape index (κ3) is 11.8. The van der Waals surface area contributed by atoms with Gasteiger partial charge in [-0.15, -0.1) is 0 Å². The number of hydrogen-bond donors (Lipinski definition) is 1. The van der Waals surface area contributed by atoms with Crippen LogP contribution in [-0.4, -0.2) is 63.3 Å². The summed E-state index contributed by atoms with van der Waals surface area (Å²) >= 11 is 0. The Bertz CT molecular complexity index is 422. The van der Waals surface area contributed by atoms with Gasteiger partial charge >= 0.3 is 19.5 Å². The van der Waals surface area contributed by atoms with Crippen LogP contribution in [0, 0.1) is 0 Å². The SMILES string of the molecule is C1CCC([PH+](CCNCC[PH+](C2CCCCC2)C2CCCCC2)C2CCCCC2)CC1.[B].[CH-]=O.[HH].[RuH+2]. The zero-order chi connectivity index (χ0) is 23.1. The second-order valence-corrected chi connectivity index (χ2v) is 18.3. The van der Waals surface area contributed by atoms with Crippen molar-refractivity contribution < 1.29 is 25.7 Å². The van der Waals surface area contributed by atoms with Crippen LogP contribution in [0.2, 0.25) is 0 Å². The third-order valence-corrected chi connectivity index (χ3v) is 17.9. The molecular formula is C29H59BNOP2Ru+3. The molecule has 0 bridgehead atoms. The molecule has 3 radical (unpaired) electrons. The summed E-state index contributed by atoms with van der Waals surface area (Å²) in [7, 11) is -0.281. The van der Waals surface area contributed by atoms with E-state index in [0.717, 1.165) is 0 Å². The molecule has 0 aromatic carbocycles. The van der Waals surface area contributed by atoms with Crippen LogP contribution in [-0.2, 0) is 24.3 Å². The summed E-state index contributed by atoms with van der Waals surface area (Å²) in [5.74, 6) is 0. The van der Waals surface area contributed by atoms with Gasteiger partial charge in [-0.25, -0.2) is 0 Å². The van der Waals surface area contributed by atoms with Gasteiger partial charge in [0.1, 0.15) is 0 Å². The summed E-state index contributed by atoms with van der Waals surface area (Å²) in [5, 5.41) is 4.05. The number of rotatable bonds is 10. The number of carbonyl (C=O) groups excluding carboxylic acids is 1. The van der Waals surface area contributed by atoms with Crippen LogP contribution in [0.1, 0.15) is 130 Å². The minimum atomic E-state index is -0.140. The van der Waals surface area contributed by atoms with Gasteiger partial charge < -0.3 is 10.1 Å². The van der Waals surface area contributed by atoms with Gasteiger partial charge in [0, 0.05) is 38.8 Å². The van der Waals surface area contributed by atoms with Crippen molar-refractivity contribution in [2.24, 2.45) is 0 Å². The van der Waals surface area contributed by atoms with E-state index in [9.17, 15) is 0 Å². The van der Waals surface area contributed by atoms with Gasteiger partial charge in [0.25, 0.3) is 0 Å². The fourth-order valence-electron chi connectivity index (χ4n) is 7.97. The molecule has 6 heteroatoms. The van der Waals surface area contributed by atoms with Crippen molar-refractivity contribution >= 4 is 31.0 Å². The van der Waals surface area contributed by atoms with Gasteiger partial charge in [0.15, 0.2) is 0 Å². The summed E-state index contributed by atoms with van der Waals surface area (Å²) in [6.07, 6.45) is 34.5. The quantitative estimate of drug-likeness (QED) is 0.0904. The second-order valence-electron chi connectivity index (χ2n) is 11.7. The summed E-state index contributed by atoms with van der Waals surface area (Å²) < 4.78 is 0.